The van der Waals surface area contributed by atoms with E-state index in [0.717, 1.165) is 5.56 Å². The standard InChI is InChI=1S/C14H18FN3O2/c1-9-5-11(3-4-12(9)15)6-16-14(20)18-7-10(2)17-13(19)8-18/h3-5,10H,6-8H2,1-2H3,(H,16,20)(H,17,19). The minimum absolute atomic E-state index is 0.0462. The highest BCUT2D eigenvalue weighted by Crippen LogP contribution is 2.09. The number of carbonyl (C=O) groups excluding carboxylic acids is 2. The molecule has 0 saturated carbocycles. The second-order valence-corrected chi connectivity index (χ2v) is 5.09. The predicted molar refractivity (Wildman–Crippen MR) is 72.6 cm³/mol. The van der Waals surface area contributed by atoms with E-state index in [0.29, 0.717) is 18.7 Å². The van der Waals surface area contributed by atoms with E-state index in [-0.39, 0.29) is 30.3 Å². The molecule has 0 bridgehead atoms. The number of halogens is 1. The molecule has 1 aliphatic rings. The summed E-state index contributed by atoms with van der Waals surface area (Å²) >= 11 is 0. The number of urea groups is 1. The normalized spacial score (nSPS) is 18.6. The summed E-state index contributed by atoms with van der Waals surface area (Å²) in [6.45, 7) is 4.39. The molecule has 3 amide bonds. The number of hydrogen-bond donors (Lipinski definition) is 2. The molecule has 0 radical (unpaired) electrons. The Morgan fingerprint density at radius 3 is 2.95 bits per heavy atom. The molecule has 5 nitrogen and oxygen atoms in total. The van der Waals surface area contributed by atoms with E-state index < -0.39 is 0 Å². The lowest BCUT2D eigenvalue weighted by molar-refractivity contribution is -0.124. The molecule has 1 heterocycles. The summed E-state index contributed by atoms with van der Waals surface area (Å²) in [5.41, 5.74) is 1.37. The van der Waals surface area contributed by atoms with Crippen LogP contribution in [0.25, 0.3) is 0 Å². The lowest BCUT2D eigenvalue weighted by Crippen LogP contribution is -2.56. The average molecular weight is 279 g/mol. The van der Waals surface area contributed by atoms with Gasteiger partial charge in [0.15, 0.2) is 0 Å². The van der Waals surface area contributed by atoms with Gasteiger partial charge in [0.25, 0.3) is 0 Å². The quantitative estimate of drug-likeness (QED) is 0.853. The van der Waals surface area contributed by atoms with E-state index in [1.807, 2.05) is 6.92 Å². The molecule has 20 heavy (non-hydrogen) atoms. The first-order chi connectivity index (χ1) is 9.45. The summed E-state index contributed by atoms with van der Waals surface area (Å²) in [6, 6.07) is 4.38. The lowest BCUT2D eigenvalue weighted by Gasteiger charge is -2.31. The molecule has 0 aliphatic carbocycles. The molecule has 2 N–H and O–H groups in total. The molecule has 6 heteroatoms. The maximum Gasteiger partial charge on any atom is 0.318 e. The number of benzene rings is 1. The molecule has 2 rings (SSSR count). The van der Waals surface area contributed by atoms with Crippen molar-refractivity contribution in [1.82, 2.24) is 15.5 Å². The zero-order valence-corrected chi connectivity index (χ0v) is 11.6. The van der Waals surface area contributed by atoms with Crippen LogP contribution >= 0.6 is 0 Å². The summed E-state index contributed by atoms with van der Waals surface area (Å²) < 4.78 is 13.1. The molecule has 1 aliphatic heterocycles. The van der Waals surface area contributed by atoms with Crippen LogP contribution in [0.4, 0.5) is 9.18 Å². The number of piperazine rings is 1. The maximum atomic E-state index is 13.1. The van der Waals surface area contributed by atoms with Gasteiger partial charge in [-0.25, -0.2) is 9.18 Å². The molecular formula is C14H18FN3O2. The van der Waals surface area contributed by atoms with Crippen LogP contribution in [-0.2, 0) is 11.3 Å². The van der Waals surface area contributed by atoms with Gasteiger partial charge in [0.2, 0.25) is 5.91 Å². The fourth-order valence-corrected chi connectivity index (χ4v) is 2.20. The number of hydrogen-bond acceptors (Lipinski definition) is 2. The monoisotopic (exact) mass is 279 g/mol. The third kappa shape index (κ3) is 3.46. The lowest BCUT2D eigenvalue weighted by atomic mass is 10.1. The van der Waals surface area contributed by atoms with Crippen LogP contribution in [0, 0.1) is 12.7 Å². The molecule has 1 unspecified atom stereocenters. The molecule has 0 spiro atoms. The first kappa shape index (κ1) is 14.3. The van der Waals surface area contributed by atoms with E-state index in [1.54, 1.807) is 19.1 Å². The van der Waals surface area contributed by atoms with Crippen LogP contribution in [0.3, 0.4) is 0 Å². The smallest absolute Gasteiger partial charge is 0.318 e. The van der Waals surface area contributed by atoms with Crippen molar-refractivity contribution in [3.05, 3.63) is 35.1 Å². The predicted octanol–water partition coefficient (Wildman–Crippen LogP) is 1.16. The zero-order valence-electron chi connectivity index (χ0n) is 11.6. The summed E-state index contributed by atoms with van der Waals surface area (Å²) in [5.74, 6) is -0.418. The van der Waals surface area contributed by atoms with Crippen molar-refractivity contribution in [3.63, 3.8) is 0 Å². The van der Waals surface area contributed by atoms with Crippen molar-refractivity contribution in [2.24, 2.45) is 0 Å². The van der Waals surface area contributed by atoms with Gasteiger partial charge in [-0.2, -0.15) is 0 Å². The molecule has 1 aromatic rings. The number of nitrogens with zero attached hydrogens (tertiary/aromatic N) is 1. The van der Waals surface area contributed by atoms with Gasteiger partial charge in [-0.3, -0.25) is 4.79 Å². The fraction of sp³-hybridized carbons (Fsp3) is 0.429. The summed E-state index contributed by atoms with van der Waals surface area (Å²) in [7, 11) is 0. The summed E-state index contributed by atoms with van der Waals surface area (Å²) in [4.78, 5) is 24.8. The third-order valence-electron chi connectivity index (χ3n) is 3.19. The van der Waals surface area contributed by atoms with E-state index >= 15 is 0 Å². The zero-order chi connectivity index (χ0) is 14.7. The van der Waals surface area contributed by atoms with E-state index in [1.165, 1.54) is 11.0 Å². The first-order valence-corrected chi connectivity index (χ1v) is 6.53. The first-order valence-electron chi connectivity index (χ1n) is 6.53. The Hall–Kier alpha value is -2.11. The summed E-state index contributed by atoms with van der Waals surface area (Å²) in [5, 5.41) is 5.49. The summed E-state index contributed by atoms with van der Waals surface area (Å²) in [6.07, 6.45) is 0. The molecule has 1 fully saturated rings. The Bertz CT molecular complexity index is 533. The topological polar surface area (TPSA) is 61.4 Å². The number of nitrogens with one attached hydrogen (secondary N) is 2. The van der Waals surface area contributed by atoms with E-state index in [9.17, 15) is 14.0 Å². The van der Waals surface area contributed by atoms with Crippen LogP contribution in [0.1, 0.15) is 18.1 Å². The number of amides is 3. The van der Waals surface area contributed by atoms with Gasteiger partial charge in [-0.15, -0.1) is 0 Å². The average Bonchev–Trinajstić information content (AvgIpc) is 2.38. The molecular weight excluding hydrogens is 261 g/mol. The SMILES string of the molecule is Cc1cc(CNC(=O)N2CC(=O)NC(C)C2)ccc1F. The minimum Gasteiger partial charge on any atom is -0.350 e. The van der Waals surface area contributed by atoms with Gasteiger partial charge >= 0.3 is 6.03 Å². The second-order valence-electron chi connectivity index (χ2n) is 5.09. The van der Waals surface area contributed by atoms with Crippen molar-refractivity contribution in [3.8, 4) is 0 Å². The van der Waals surface area contributed by atoms with Gasteiger partial charge in [0.05, 0.1) is 0 Å². The van der Waals surface area contributed by atoms with Gasteiger partial charge in [-0.05, 0) is 31.0 Å². The van der Waals surface area contributed by atoms with Crippen LogP contribution < -0.4 is 10.6 Å². The number of rotatable bonds is 2. The molecule has 0 aromatic heterocycles. The van der Waals surface area contributed by atoms with E-state index in [4.69, 9.17) is 0 Å². The minimum atomic E-state index is -0.284. The largest absolute Gasteiger partial charge is 0.350 e. The maximum absolute atomic E-state index is 13.1. The Labute approximate surface area is 117 Å². The van der Waals surface area contributed by atoms with Crippen molar-refractivity contribution in [1.29, 1.82) is 0 Å². The number of carbonyl (C=O) groups is 2. The van der Waals surface area contributed by atoms with Crippen LogP contribution in [0.2, 0.25) is 0 Å². The van der Waals surface area contributed by atoms with Crippen LogP contribution in [0.5, 0.6) is 0 Å². The van der Waals surface area contributed by atoms with Crippen molar-refractivity contribution >= 4 is 11.9 Å². The van der Waals surface area contributed by atoms with Crippen LogP contribution in [0.15, 0.2) is 18.2 Å². The van der Waals surface area contributed by atoms with Gasteiger partial charge < -0.3 is 15.5 Å². The van der Waals surface area contributed by atoms with Crippen molar-refractivity contribution < 1.29 is 14.0 Å². The highest BCUT2D eigenvalue weighted by atomic mass is 19.1. The third-order valence-corrected chi connectivity index (χ3v) is 3.19. The fourth-order valence-electron chi connectivity index (χ4n) is 2.20. The molecule has 1 aromatic carbocycles. The van der Waals surface area contributed by atoms with Gasteiger partial charge in [0.1, 0.15) is 12.4 Å². The van der Waals surface area contributed by atoms with Gasteiger partial charge in [0, 0.05) is 19.1 Å². The highest BCUT2D eigenvalue weighted by molar-refractivity contribution is 5.85. The van der Waals surface area contributed by atoms with Crippen LogP contribution in [-0.4, -0.2) is 36.0 Å². The Morgan fingerprint density at radius 1 is 1.55 bits per heavy atom. The Morgan fingerprint density at radius 2 is 2.30 bits per heavy atom. The highest BCUT2D eigenvalue weighted by Gasteiger charge is 2.25. The number of aryl methyl sites for hydroxylation is 1. The van der Waals surface area contributed by atoms with E-state index in [2.05, 4.69) is 10.6 Å². The second kappa shape index (κ2) is 5.90. The Kier molecular flexibility index (Phi) is 4.22. The van der Waals surface area contributed by atoms with Crippen molar-refractivity contribution in [2.75, 3.05) is 13.1 Å². The van der Waals surface area contributed by atoms with Gasteiger partial charge in [-0.1, -0.05) is 12.1 Å². The molecule has 108 valence electrons. The molecule has 1 atom stereocenters. The Balaban J connectivity index is 1.91. The molecule has 1 saturated heterocycles. The van der Waals surface area contributed by atoms with Crippen molar-refractivity contribution in [2.45, 2.75) is 26.4 Å².